The summed E-state index contributed by atoms with van der Waals surface area (Å²) >= 11 is 0. The van der Waals surface area contributed by atoms with Gasteiger partial charge in [-0.05, 0) is 12.1 Å². The van der Waals surface area contributed by atoms with E-state index in [4.69, 9.17) is 0 Å². The molecule has 0 N–H and O–H groups in total. The van der Waals surface area contributed by atoms with Crippen LogP contribution in [0.1, 0.15) is 11.1 Å². The van der Waals surface area contributed by atoms with E-state index in [0.717, 1.165) is 0 Å². The Kier molecular flexibility index (Phi) is 5.29. The van der Waals surface area contributed by atoms with Crippen molar-refractivity contribution in [1.29, 1.82) is 0 Å². The normalized spacial score (nSPS) is 10.7. The van der Waals surface area contributed by atoms with Crippen molar-refractivity contribution < 1.29 is 39.5 Å². The molecule has 3 aromatic carbocycles. The highest BCUT2D eigenvalue weighted by molar-refractivity contribution is 5.68. The molecule has 0 unspecified atom stereocenters. The summed E-state index contributed by atoms with van der Waals surface area (Å²) < 4.78 is 125. The second-order valence-electron chi connectivity index (χ2n) is 5.57. The van der Waals surface area contributed by atoms with Crippen molar-refractivity contribution in [1.82, 2.24) is 0 Å². The molecule has 0 saturated carbocycles. The van der Waals surface area contributed by atoms with E-state index >= 15 is 0 Å². The topological polar surface area (TPSA) is 0 Å². The highest BCUT2D eigenvalue weighted by Crippen LogP contribution is 2.37. The SMILES string of the molecule is Fc1c(F)c(F)c(-c2c(F)c(F)c(C#Cc3ccccc3)c(F)c2F)c(F)c1F. The van der Waals surface area contributed by atoms with Gasteiger partial charge in [0.15, 0.2) is 46.5 Å². The number of rotatable bonds is 1. The standard InChI is InChI=1S/C20H5F9/c21-12-9(7-6-8-4-2-1-3-5-8)13(22)15(24)10(14(12)23)11-16(25)18(27)20(29)19(28)17(11)26/h1-5H. The van der Waals surface area contributed by atoms with Crippen molar-refractivity contribution in [2.75, 3.05) is 0 Å². The van der Waals surface area contributed by atoms with Crippen LogP contribution in [0.2, 0.25) is 0 Å². The van der Waals surface area contributed by atoms with Crippen LogP contribution in [0, 0.1) is 64.2 Å². The Morgan fingerprint density at radius 1 is 0.414 bits per heavy atom. The molecule has 0 saturated heterocycles. The summed E-state index contributed by atoms with van der Waals surface area (Å²) in [6.07, 6.45) is 0. The van der Waals surface area contributed by atoms with Crippen LogP contribution in [-0.4, -0.2) is 0 Å². The second kappa shape index (κ2) is 7.54. The first-order valence-corrected chi connectivity index (χ1v) is 7.61. The third-order valence-corrected chi connectivity index (χ3v) is 3.83. The first kappa shape index (κ1) is 20.3. The van der Waals surface area contributed by atoms with Gasteiger partial charge in [0.05, 0.1) is 11.1 Å². The van der Waals surface area contributed by atoms with E-state index in [0.29, 0.717) is 0 Å². The molecule has 29 heavy (non-hydrogen) atoms. The monoisotopic (exact) mass is 416 g/mol. The fraction of sp³-hybridized carbons (Fsp3) is 0. The minimum atomic E-state index is -2.62. The molecule has 3 rings (SSSR count). The molecule has 0 nitrogen and oxygen atoms in total. The average Bonchev–Trinajstić information content (AvgIpc) is 2.72. The van der Waals surface area contributed by atoms with E-state index in [1.807, 2.05) is 5.92 Å². The maximum Gasteiger partial charge on any atom is 0.200 e. The van der Waals surface area contributed by atoms with Crippen LogP contribution in [0.15, 0.2) is 30.3 Å². The average molecular weight is 416 g/mol. The molecule has 0 aliphatic carbocycles. The second-order valence-corrected chi connectivity index (χ2v) is 5.57. The molecule has 0 amide bonds. The van der Waals surface area contributed by atoms with E-state index in [1.54, 1.807) is 6.07 Å². The molecule has 148 valence electrons. The maximum atomic E-state index is 14.3. The Hall–Kier alpha value is -3.41. The minimum Gasteiger partial charge on any atom is -0.203 e. The van der Waals surface area contributed by atoms with Gasteiger partial charge in [0, 0.05) is 5.56 Å². The highest BCUT2D eigenvalue weighted by Gasteiger charge is 2.33. The molecule has 0 aliphatic rings. The Labute approximate surface area is 157 Å². The van der Waals surface area contributed by atoms with Gasteiger partial charge in [0.1, 0.15) is 5.56 Å². The van der Waals surface area contributed by atoms with Crippen molar-refractivity contribution in [3.63, 3.8) is 0 Å². The van der Waals surface area contributed by atoms with Crippen LogP contribution in [0.5, 0.6) is 0 Å². The van der Waals surface area contributed by atoms with E-state index in [-0.39, 0.29) is 5.56 Å². The maximum absolute atomic E-state index is 14.3. The molecule has 0 radical (unpaired) electrons. The Bertz CT molecular complexity index is 1130. The lowest BCUT2D eigenvalue weighted by atomic mass is 9.99. The molecule has 0 aromatic heterocycles. The molecule has 0 heterocycles. The van der Waals surface area contributed by atoms with Gasteiger partial charge < -0.3 is 0 Å². The first-order chi connectivity index (χ1) is 13.7. The summed E-state index contributed by atoms with van der Waals surface area (Å²) in [5.41, 5.74) is -5.43. The van der Waals surface area contributed by atoms with Crippen LogP contribution in [0.4, 0.5) is 39.5 Å². The van der Waals surface area contributed by atoms with Crippen LogP contribution in [0.25, 0.3) is 11.1 Å². The zero-order valence-electron chi connectivity index (χ0n) is 13.8. The van der Waals surface area contributed by atoms with Crippen molar-refractivity contribution in [3.8, 4) is 23.0 Å². The fourth-order valence-corrected chi connectivity index (χ4v) is 2.44. The smallest absolute Gasteiger partial charge is 0.200 e. The van der Waals surface area contributed by atoms with Gasteiger partial charge in [0.2, 0.25) is 5.82 Å². The Morgan fingerprint density at radius 2 is 0.793 bits per heavy atom. The Balaban J connectivity index is 2.30. The predicted octanol–water partition coefficient (Wildman–Crippen LogP) is 6.01. The zero-order chi connectivity index (χ0) is 21.5. The summed E-state index contributed by atoms with van der Waals surface area (Å²) in [6, 6.07) is 7.47. The third kappa shape index (κ3) is 3.31. The van der Waals surface area contributed by atoms with E-state index in [2.05, 4.69) is 5.92 Å². The molecular formula is C20H5F9. The van der Waals surface area contributed by atoms with Crippen molar-refractivity contribution in [3.05, 3.63) is 93.8 Å². The largest absolute Gasteiger partial charge is 0.203 e. The number of halogens is 9. The van der Waals surface area contributed by atoms with Gasteiger partial charge in [0.25, 0.3) is 0 Å². The number of benzene rings is 3. The fourth-order valence-electron chi connectivity index (χ4n) is 2.44. The summed E-state index contributed by atoms with van der Waals surface area (Å²) in [5.74, 6) is -18.0. The van der Waals surface area contributed by atoms with Crippen molar-refractivity contribution in [2.45, 2.75) is 0 Å². The summed E-state index contributed by atoms with van der Waals surface area (Å²) in [5, 5.41) is 0. The van der Waals surface area contributed by atoms with Crippen molar-refractivity contribution in [2.24, 2.45) is 0 Å². The lowest BCUT2D eigenvalue weighted by Gasteiger charge is -2.12. The molecule has 3 aromatic rings. The van der Waals surface area contributed by atoms with Gasteiger partial charge in [-0.1, -0.05) is 30.0 Å². The van der Waals surface area contributed by atoms with Crippen LogP contribution < -0.4 is 0 Å². The van der Waals surface area contributed by atoms with E-state index in [1.165, 1.54) is 24.3 Å². The molecular weight excluding hydrogens is 411 g/mol. The molecule has 0 fully saturated rings. The predicted molar refractivity (Wildman–Crippen MR) is 83.9 cm³/mol. The van der Waals surface area contributed by atoms with Gasteiger partial charge >= 0.3 is 0 Å². The third-order valence-electron chi connectivity index (χ3n) is 3.83. The van der Waals surface area contributed by atoms with Crippen molar-refractivity contribution >= 4 is 0 Å². The lowest BCUT2D eigenvalue weighted by molar-refractivity contribution is 0.379. The van der Waals surface area contributed by atoms with Crippen LogP contribution in [-0.2, 0) is 0 Å². The number of hydrogen-bond acceptors (Lipinski definition) is 0. The molecule has 0 aliphatic heterocycles. The molecule has 0 atom stereocenters. The summed E-state index contributed by atoms with van der Waals surface area (Å²) in [6.45, 7) is 0. The lowest BCUT2D eigenvalue weighted by Crippen LogP contribution is -2.10. The van der Waals surface area contributed by atoms with Gasteiger partial charge in [-0.2, -0.15) is 0 Å². The minimum absolute atomic E-state index is 0.218. The molecule has 0 spiro atoms. The molecule has 9 heteroatoms. The zero-order valence-corrected chi connectivity index (χ0v) is 13.8. The van der Waals surface area contributed by atoms with Crippen LogP contribution in [0.3, 0.4) is 0 Å². The summed E-state index contributed by atoms with van der Waals surface area (Å²) in [7, 11) is 0. The molecule has 0 bridgehead atoms. The summed E-state index contributed by atoms with van der Waals surface area (Å²) in [4.78, 5) is 0. The highest BCUT2D eigenvalue weighted by atomic mass is 19.2. The first-order valence-electron chi connectivity index (χ1n) is 7.61. The van der Waals surface area contributed by atoms with Crippen LogP contribution >= 0.6 is 0 Å². The Morgan fingerprint density at radius 3 is 1.24 bits per heavy atom. The van der Waals surface area contributed by atoms with Gasteiger partial charge in [-0.25, -0.2) is 39.5 Å². The van der Waals surface area contributed by atoms with E-state index in [9.17, 15) is 39.5 Å². The van der Waals surface area contributed by atoms with E-state index < -0.39 is 69.0 Å². The van der Waals surface area contributed by atoms with Gasteiger partial charge in [-0.3, -0.25) is 0 Å². The van der Waals surface area contributed by atoms with Gasteiger partial charge in [-0.15, -0.1) is 0 Å². The quantitative estimate of drug-likeness (QED) is 0.197. The number of hydrogen-bond donors (Lipinski definition) is 0.